The minimum atomic E-state index is -1.69. The summed E-state index contributed by atoms with van der Waals surface area (Å²) in [7, 11) is 0. The Morgan fingerprint density at radius 2 is 1.06 bits per heavy atom. The van der Waals surface area contributed by atoms with Crippen molar-refractivity contribution < 1.29 is 72.9 Å². The molecule has 14 N–H and O–H groups in total. The summed E-state index contributed by atoms with van der Waals surface area (Å²) < 4.78 is 0. The highest BCUT2D eigenvalue weighted by molar-refractivity contribution is 5.98. The van der Waals surface area contributed by atoms with E-state index in [9.17, 15) is 67.7 Å². The number of likely N-dealkylation sites (tertiary alicyclic amines) is 2. The number of carboxylic acids is 2. The number of carboxylic acid groups (broad SMARTS) is 2. The van der Waals surface area contributed by atoms with Crippen LogP contribution < -0.4 is 48.7 Å². The van der Waals surface area contributed by atoms with Crippen LogP contribution in [-0.4, -0.2) is 176 Å². The number of aliphatic hydroxyl groups excluding tert-OH is 1. The quantitative estimate of drug-likeness (QED) is 0.0372. The van der Waals surface area contributed by atoms with Gasteiger partial charge in [0.25, 0.3) is 0 Å². The first-order chi connectivity index (χ1) is 32.6. The van der Waals surface area contributed by atoms with Crippen molar-refractivity contribution in [2.24, 2.45) is 29.2 Å². The standard InChI is InChI=1S/C44H73N11O15/c1-20(2)32(40(65)52-34(22(5)6)44(69)70)50-37(62)26(14-15-29(46)57)49-36(61)23(7)48-42(67)35(24(8)56)53-41(66)33(21(3)4)51-39(64)28-12-9-17-54(28)30(58)19-47-38(63)27-11-10-18-55(27)43(68)25(45)13-16-31(59)60/h20-28,32-35,56H,9-19,45H2,1-8H3,(H2,46,57)(H,47,63)(H,48,67)(H,49,61)(H,50,62)(H,51,64)(H,52,65)(H,53,66)(H,59,60)(H,69,70)/t23-,24+,25-,26-,27-,28-,32-,33-,34-,35-/m0/s1. The van der Waals surface area contributed by atoms with Crippen molar-refractivity contribution in [1.29, 1.82) is 0 Å². The highest BCUT2D eigenvalue weighted by Gasteiger charge is 2.40. The highest BCUT2D eigenvalue weighted by atomic mass is 16.4. The molecule has 2 aliphatic heterocycles. The molecule has 2 saturated heterocycles. The molecule has 0 radical (unpaired) electrons. The summed E-state index contributed by atoms with van der Waals surface area (Å²) in [5, 5.41) is 46.2. The van der Waals surface area contributed by atoms with Crippen LogP contribution in [-0.2, 0) is 57.5 Å². The van der Waals surface area contributed by atoms with Crippen LogP contribution in [0.4, 0.5) is 0 Å². The van der Waals surface area contributed by atoms with E-state index in [1.165, 1.54) is 23.6 Å². The van der Waals surface area contributed by atoms with Crippen molar-refractivity contribution >= 4 is 71.0 Å². The summed E-state index contributed by atoms with van der Waals surface area (Å²) in [5.74, 6) is -12.1. The van der Waals surface area contributed by atoms with E-state index in [0.717, 1.165) is 0 Å². The highest BCUT2D eigenvalue weighted by Crippen LogP contribution is 2.21. The number of nitrogens with one attached hydrogen (secondary N) is 7. The van der Waals surface area contributed by atoms with E-state index in [1.54, 1.807) is 41.5 Å². The van der Waals surface area contributed by atoms with E-state index in [-0.39, 0.29) is 45.2 Å². The molecule has 2 fully saturated rings. The van der Waals surface area contributed by atoms with Crippen molar-refractivity contribution in [3.05, 3.63) is 0 Å². The lowest BCUT2D eigenvalue weighted by Gasteiger charge is -2.30. The van der Waals surface area contributed by atoms with Crippen molar-refractivity contribution in [1.82, 2.24) is 47.0 Å². The molecule has 10 amide bonds. The van der Waals surface area contributed by atoms with Gasteiger partial charge in [-0.3, -0.25) is 52.7 Å². The summed E-state index contributed by atoms with van der Waals surface area (Å²) in [6.07, 6.45) is -1.34. The predicted octanol–water partition coefficient (Wildman–Crippen LogP) is -4.10. The third-order valence-electron chi connectivity index (χ3n) is 12.0. The second kappa shape index (κ2) is 27.7. The maximum absolute atomic E-state index is 13.7. The number of primary amides is 1. The largest absolute Gasteiger partial charge is 0.481 e. The molecule has 10 atom stereocenters. The molecule has 0 spiro atoms. The van der Waals surface area contributed by atoms with Gasteiger partial charge in [-0.1, -0.05) is 41.5 Å². The number of carbonyl (C=O) groups is 12. The van der Waals surface area contributed by atoms with Gasteiger partial charge in [-0.15, -0.1) is 0 Å². The number of aliphatic carboxylic acids is 2. The normalized spacial score (nSPS) is 19.1. The number of hydrogen-bond donors (Lipinski definition) is 12. The molecular formula is C44H73N11O15. The molecule has 394 valence electrons. The maximum atomic E-state index is 13.7. The second-order valence-corrected chi connectivity index (χ2v) is 18.7. The van der Waals surface area contributed by atoms with Crippen molar-refractivity contribution in [3.63, 3.8) is 0 Å². The summed E-state index contributed by atoms with van der Waals surface area (Å²) in [6, 6.07) is -11.6. The molecule has 0 aromatic carbocycles. The van der Waals surface area contributed by atoms with Gasteiger partial charge in [-0.05, 0) is 70.1 Å². The molecule has 2 heterocycles. The van der Waals surface area contributed by atoms with Gasteiger partial charge in [-0.2, -0.15) is 0 Å². The van der Waals surface area contributed by atoms with Gasteiger partial charge in [0, 0.05) is 25.9 Å². The average molecular weight is 996 g/mol. The van der Waals surface area contributed by atoms with Crippen LogP contribution in [0.2, 0.25) is 0 Å². The van der Waals surface area contributed by atoms with Crippen LogP contribution in [0.15, 0.2) is 0 Å². The maximum Gasteiger partial charge on any atom is 0.326 e. The number of carbonyl (C=O) groups excluding carboxylic acids is 10. The Morgan fingerprint density at radius 3 is 1.56 bits per heavy atom. The molecule has 26 heteroatoms. The Balaban J connectivity index is 2.11. The monoisotopic (exact) mass is 996 g/mol. The molecule has 2 aliphatic rings. The van der Waals surface area contributed by atoms with E-state index in [1.807, 2.05) is 0 Å². The van der Waals surface area contributed by atoms with E-state index in [4.69, 9.17) is 16.6 Å². The van der Waals surface area contributed by atoms with Crippen LogP contribution in [0.3, 0.4) is 0 Å². The van der Waals surface area contributed by atoms with Gasteiger partial charge < -0.3 is 73.8 Å². The van der Waals surface area contributed by atoms with Gasteiger partial charge in [0.05, 0.1) is 18.7 Å². The number of rotatable bonds is 27. The zero-order chi connectivity index (χ0) is 53.3. The number of amides is 10. The van der Waals surface area contributed by atoms with Crippen molar-refractivity contribution in [3.8, 4) is 0 Å². The van der Waals surface area contributed by atoms with Gasteiger partial charge in [0.2, 0.25) is 59.1 Å². The summed E-state index contributed by atoms with van der Waals surface area (Å²) in [6.45, 7) is 11.8. The second-order valence-electron chi connectivity index (χ2n) is 18.7. The number of nitrogens with zero attached hydrogens (tertiary/aromatic N) is 2. The zero-order valence-electron chi connectivity index (χ0n) is 41.1. The molecule has 0 unspecified atom stereocenters. The molecule has 26 nitrogen and oxygen atoms in total. The number of hydrogen-bond acceptors (Lipinski definition) is 14. The molecule has 0 saturated carbocycles. The summed E-state index contributed by atoms with van der Waals surface area (Å²) in [4.78, 5) is 157. The van der Waals surface area contributed by atoms with Crippen molar-refractivity contribution in [2.75, 3.05) is 19.6 Å². The van der Waals surface area contributed by atoms with Crippen molar-refractivity contribution in [2.45, 2.75) is 167 Å². The Kier molecular flexibility index (Phi) is 23.6. The van der Waals surface area contributed by atoms with Crippen LogP contribution >= 0.6 is 0 Å². The SMILES string of the molecule is CC(C)[C@H](NC(=O)[C@@H](NC(=O)[C@H](CCC(N)=O)NC(=O)[C@H](C)NC(=O)[C@@H](NC(=O)[C@@H](NC(=O)[C@@H]1CCCN1C(=O)CNC(=O)[C@@H]1CCCN1C(=O)[C@@H](N)CCC(=O)O)C(C)C)[C@@H](C)O)C(C)C)C(=O)O. The van der Waals surface area contributed by atoms with E-state index in [2.05, 4.69) is 37.2 Å². The fourth-order valence-electron chi connectivity index (χ4n) is 7.84. The van der Waals surface area contributed by atoms with Gasteiger partial charge >= 0.3 is 11.9 Å². The average Bonchev–Trinajstić information content (AvgIpc) is 3.98. The minimum absolute atomic E-state index is 0.120. The fourth-order valence-corrected chi connectivity index (χ4v) is 7.84. The lowest BCUT2D eigenvalue weighted by Crippen LogP contribution is -2.62. The summed E-state index contributed by atoms with van der Waals surface area (Å²) in [5.41, 5.74) is 11.2. The first kappa shape index (κ1) is 59.7. The Morgan fingerprint density at radius 1 is 0.571 bits per heavy atom. The van der Waals surface area contributed by atoms with Crippen LogP contribution in [0.1, 0.15) is 107 Å². The van der Waals surface area contributed by atoms with E-state index < -0.39 is 156 Å². The fraction of sp³-hybridized carbons (Fsp3) is 0.727. The molecule has 0 aliphatic carbocycles. The Bertz CT molecular complexity index is 1950. The third kappa shape index (κ3) is 17.8. The lowest BCUT2D eigenvalue weighted by molar-refractivity contribution is -0.144. The molecule has 0 aromatic rings. The molecule has 70 heavy (non-hydrogen) atoms. The van der Waals surface area contributed by atoms with E-state index in [0.29, 0.717) is 19.3 Å². The van der Waals surface area contributed by atoms with Crippen LogP contribution in [0, 0.1) is 17.8 Å². The summed E-state index contributed by atoms with van der Waals surface area (Å²) >= 11 is 0. The Labute approximate surface area is 406 Å². The minimum Gasteiger partial charge on any atom is -0.481 e. The van der Waals surface area contributed by atoms with Gasteiger partial charge in [0.15, 0.2) is 0 Å². The first-order valence-electron chi connectivity index (χ1n) is 23.5. The molecular weight excluding hydrogens is 923 g/mol. The molecule has 0 bridgehead atoms. The zero-order valence-corrected chi connectivity index (χ0v) is 41.1. The number of aliphatic hydroxyl groups is 1. The topological polar surface area (TPSA) is 408 Å². The lowest BCUT2D eigenvalue weighted by atomic mass is 9.99. The van der Waals surface area contributed by atoms with Crippen LogP contribution in [0.5, 0.6) is 0 Å². The van der Waals surface area contributed by atoms with Crippen LogP contribution in [0.25, 0.3) is 0 Å². The number of nitrogens with two attached hydrogens (primary N) is 2. The predicted molar refractivity (Wildman–Crippen MR) is 247 cm³/mol. The molecule has 2 rings (SSSR count). The van der Waals surface area contributed by atoms with Gasteiger partial charge in [-0.25, -0.2) is 4.79 Å². The first-order valence-corrected chi connectivity index (χ1v) is 23.5. The van der Waals surface area contributed by atoms with Gasteiger partial charge in [0.1, 0.15) is 48.3 Å². The molecule has 0 aromatic heterocycles. The third-order valence-corrected chi connectivity index (χ3v) is 12.0. The van der Waals surface area contributed by atoms with E-state index >= 15 is 0 Å². The smallest absolute Gasteiger partial charge is 0.326 e. The Hall–Kier alpha value is -6.44.